The van der Waals surface area contributed by atoms with E-state index in [1.54, 1.807) is 0 Å². The predicted octanol–water partition coefficient (Wildman–Crippen LogP) is -2.65. The molecule has 0 saturated carbocycles. The number of carboxylic acid groups (broad SMARTS) is 1. The zero-order valence-electron chi connectivity index (χ0n) is 5.41. The van der Waals surface area contributed by atoms with Gasteiger partial charge in [-0.25, -0.2) is 4.79 Å². The van der Waals surface area contributed by atoms with Crippen LogP contribution in [0, 0.1) is 0 Å². The first-order valence-corrected chi connectivity index (χ1v) is 2.73. The first kappa shape index (κ1) is 10.0. The van der Waals surface area contributed by atoms with Crippen molar-refractivity contribution in [2.24, 2.45) is 0 Å². The van der Waals surface area contributed by atoms with Crippen LogP contribution in [-0.2, 0) is 9.59 Å². The van der Waals surface area contributed by atoms with Gasteiger partial charge >= 0.3 is 5.97 Å². The molecule has 0 aromatic rings. The molecule has 3 atom stereocenters. The Bertz CT molecular complexity index is 155. The van der Waals surface area contributed by atoms with E-state index in [4.69, 9.17) is 20.4 Å². The van der Waals surface area contributed by atoms with Crippen LogP contribution in [0.4, 0.5) is 0 Å². The Balaban J connectivity index is 4.11. The molecule has 0 aromatic carbocycles. The van der Waals surface area contributed by atoms with Gasteiger partial charge in [-0.2, -0.15) is 0 Å². The molecule has 0 aliphatic rings. The van der Waals surface area contributed by atoms with Gasteiger partial charge in [0.05, 0.1) is 0 Å². The van der Waals surface area contributed by atoms with E-state index < -0.39 is 24.3 Å². The van der Waals surface area contributed by atoms with Crippen molar-refractivity contribution in [2.45, 2.75) is 18.3 Å². The molecule has 4 N–H and O–H groups in total. The van der Waals surface area contributed by atoms with Gasteiger partial charge < -0.3 is 25.2 Å². The van der Waals surface area contributed by atoms with Gasteiger partial charge in [-0.1, -0.05) is 0 Å². The van der Waals surface area contributed by atoms with Crippen LogP contribution in [0.3, 0.4) is 0 Å². The van der Waals surface area contributed by atoms with Crippen LogP contribution >= 0.6 is 0 Å². The van der Waals surface area contributed by atoms with Crippen molar-refractivity contribution in [1.82, 2.24) is 0 Å². The molecule has 0 rings (SSSR count). The number of aliphatic carboxylic acids is 1. The van der Waals surface area contributed by atoms with Crippen LogP contribution in [0.2, 0.25) is 0 Å². The van der Waals surface area contributed by atoms with Crippen molar-refractivity contribution < 1.29 is 30.0 Å². The van der Waals surface area contributed by atoms with Crippen LogP contribution < -0.4 is 0 Å². The Kier molecular flexibility index (Phi) is 3.66. The summed E-state index contributed by atoms with van der Waals surface area (Å²) in [4.78, 5) is 19.7. The number of carboxylic acids is 1. The van der Waals surface area contributed by atoms with Gasteiger partial charge in [-0.3, -0.25) is 0 Å². The Labute approximate surface area is 61.7 Å². The molecular formula is C5H8O6. The lowest BCUT2D eigenvalue weighted by Crippen LogP contribution is -2.42. The normalized spacial score (nSPS) is 18.5. The second-order valence-corrected chi connectivity index (χ2v) is 1.90. The number of hydrogen-bond donors (Lipinski definition) is 4. The van der Waals surface area contributed by atoms with Crippen LogP contribution in [0.1, 0.15) is 0 Å². The molecule has 6 nitrogen and oxygen atoms in total. The van der Waals surface area contributed by atoms with E-state index >= 15 is 0 Å². The SMILES string of the molecule is O=C[C@H](O)[C@H](O)[C@H](O)C(=O)O. The van der Waals surface area contributed by atoms with E-state index in [1.165, 1.54) is 0 Å². The zero-order valence-corrected chi connectivity index (χ0v) is 5.41. The minimum Gasteiger partial charge on any atom is -0.479 e. The second kappa shape index (κ2) is 4.02. The summed E-state index contributed by atoms with van der Waals surface area (Å²) in [6, 6.07) is 0. The number of carbonyl (C=O) groups is 2. The molecule has 0 saturated heterocycles. The third kappa shape index (κ3) is 2.62. The predicted molar refractivity (Wildman–Crippen MR) is 31.7 cm³/mol. The number of aliphatic hydroxyl groups is 3. The first-order chi connectivity index (χ1) is 5.00. The van der Waals surface area contributed by atoms with E-state index in [0.29, 0.717) is 0 Å². The van der Waals surface area contributed by atoms with E-state index in [-0.39, 0.29) is 6.29 Å². The van der Waals surface area contributed by atoms with Gasteiger partial charge in [0.25, 0.3) is 0 Å². The van der Waals surface area contributed by atoms with Crippen LogP contribution in [0.5, 0.6) is 0 Å². The molecule has 0 spiro atoms. The lowest BCUT2D eigenvalue weighted by Gasteiger charge is -2.14. The van der Waals surface area contributed by atoms with E-state index in [9.17, 15) is 9.59 Å². The third-order valence-corrected chi connectivity index (χ3v) is 1.07. The fourth-order valence-corrected chi connectivity index (χ4v) is 0.413. The highest BCUT2D eigenvalue weighted by Crippen LogP contribution is 1.97. The van der Waals surface area contributed by atoms with Crippen molar-refractivity contribution in [1.29, 1.82) is 0 Å². The van der Waals surface area contributed by atoms with Gasteiger partial charge in [0.1, 0.15) is 12.2 Å². The van der Waals surface area contributed by atoms with E-state index in [0.717, 1.165) is 0 Å². The van der Waals surface area contributed by atoms with Crippen LogP contribution in [-0.4, -0.2) is 51.0 Å². The average molecular weight is 164 g/mol. The average Bonchev–Trinajstić information content (AvgIpc) is 2.00. The number of hydrogen-bond acceptors (Lipinski definition) is 5. The number of rotatable bonds is 4. The molecular weight excluding hydrogens is 156 g/mol. The maximum Gasteiger partial charge on any atom is 0.335 e. The molecule has 0 aliphatic heterocycles. The monoisotopic (exact) mass is 164 g/mol. The van der Waals surface area contributed by atoms with Gasteiger partial charge in [0.2, 0.25) is 0 Å². The summed E-state index contributed by atoms with van der Waals surface area (Å²) < 4.78 is 0. The van der Waals surface area contributed by atoms with Crippen molar-refractivity contribution in [3.05, 3.63) is 0 Å². The third-order valence-electron chi connectivity index (χ3n) is 1.07. The molecule has 0 unspecified atom stereocenters. The Morgan fingerprint density at radius 3 is 2.00 bits per heavy atom. The first-order valence-electron chi connectivity index (χ1n) is 2.73. The molecule has 6 heteroatoms. The summed E-state index contributed by atoms with van der Waals surface area (Å²) in [6.45, 7) is 0. The summed E-state index contributed by atoms with van der Waals surface area (Å²) >= 11 is 0. The van der Waals surface area contributed by atoms with Crippen molar-refractivity contribution in [3.63, 3.8) is 0 Å². The highest BCUT2D eigenvalue weighted by atomic mass is 16.4. The second-order valence-electron chi connectivity index (χ2n) is 1.90. The summed E-state index contributed by atoms with van der Waals surface area (Å²) in [5.41, 5.74) is 0. The minimum atomic E-state index is -2.14. The Morgan fingerprint density at radius 1 is 1.27 bits per heavy atom. The fraction of sp³-hybridized carbons (Fsp3) is 0.600. The summed E-state index contributed by atoms with van der Waals surface area (Å²) in [6.07, 6.45) is -6.06. The highest BCUT2D eigenvalue weighted by Gasteiger charge is 2.29. The molecule has 11 heavy (non-hydrogen) atoms. The fourth-order valence-electron chi connectivity index (χ4n) is 0.413. The Hall–Kier alpha value is -0.980. The lowest BCUT2D eigenvalue weighted by atomic mass is 10.1. The maximum atomic E-state index is 9.92. The van der Waals surface area contributed by atoms with Crippen molar-refractivity contribution >= 4 is 12.3 Å². The molecule has 0 amide bonds. The molecule has 0 heterocycles. The Morgan fingerprint density at radius 2 is 1.73 bits per heavy atom. The molecule has 0 radical (unpaired) electrons. The van der Waals surface area contributed by atoms with Crippen LogP contribution in [0.25, 0.3) is 0 Å². The van der Waals surface area contributed by atoms with Gasteiger partial charge in [0.15, 0.2) is 12.4 Å². The van der Waals surface area contributed by atoms with Gasteiger partial charge in [-0.05, 0) is 0 Å². The summed E-state index contributed by atoms with van der Waals surface area (Å²) in [5, 5.41) is 33.7. The van der Waals surface area contributed by atoms with Crippen LogP contribution in [0.15, 0.2) is 0 Å². The summed E-state index contributed by atoms with van der Waals surface area (Å²) in [5.74, 6) is -1.70. The van der Waals surface area contributed by atoms with Gasteiger partial charge in [-0.15, -0.1) is 0 Å². The van der Waals surface area contributed by atoms with Gasteiger partial charge in [0, 0.05) is 0 Å². The molecule has 0 aliphatic carbocycles. The zero-order chi connectivity index (χ0) is 9.02. The molecule has 0 aromatic heterocycles. The number of carbonyl (C=O) groups excluding carboxylic acids is 1. The quantitative estimate of drug-likeness (QED) is 0.337. The highest BCUT2D eigenvalue weighted by molar-refractivity contribution is 5.74. The minimum absolute atomic E-state index is 0.0587. The topological polar surface area (TPSA) is 115 Å². The van der Waals surface area contributed by atoms with E-state index in [2.05, 4.69) is 0 Å². The standard InChI is InChI=1S/C5H8O6/c6-1-2(7)3(8)4(9)5(10)11/h1-4,7-9H,(H,10,11)/t2-,3-,4-/m0/s1. The molecule has 0 fully saturated rings. The molecule has 64 valence electrons. The number of aliphatic hydroxyl groups excluding tert-OH is 3. The maximum absolute atomic E-state index is 9.92. The number of aldehydes is 1. The summed E-state index contributed by atoms with van der Waals surface area (Å²) in [7, 11) is 0. The van der Waals surface area contributed by atoms with Crippen molar-refractivity contribution in [2.75, 3.05) is 0 Å². The van der Waals surface area contributed by atoms with Crippen molar-refractivity contribution in [3.8, 4) is 0 Å². The molecule has 0 bridgehead atoms. The lowest BCUT2D eigenvalue weighted by molar-refractivity contribution is -0.158. The largest absolute Gasteiger partial charge is 0.479 e. The van der Waals surface area contributed by atoms with E-state index in [1.807, 2.05) is 0 Å². The smallest absolute Gasteiger partial charge is 0.335 e.